The summed E-state index contributed by atoms with van der Waals surface area (Å²) >= 11 is 0. The van der Waals surface area contributed by atoms with Gasteiger partial charge < -0.3 is 5.73 Å². The van der Waals surface area contributed by atoms with Crippen molar-refractivity contribution in [2.75, 3.05) is 6.54 Å². The molecule has 0 saturated carbocycles. The Hall–Kier alpha value is -1.62. The van der Waals surface area contributed by atoms with Crippen LogP contribution in [0.5, 0.6) is 0 Å². The van der Waals surface area contributed by atoms with E-state index in [9.17, 15) is 18.0 Å². The molecule has 0 heterocycles. The largest absolute Gasteiger partial charge is 0.417 e. The Morgan fingerprint density at radius 1 is 1.29 bits per heavy atom. The Morgan fingerprint density at radius 2 is 2.00 bits per heavy atom. The lowest BCUT2D eigenvalue weighted by Crippen LogP contribution is -2.09. The predicted octanol–water partition coefficient (Wildman–Crippen LogP) is 2.88. The average Bonchev–Trinajstić information content (AvgIpc) is 2.28. The van der Waals surface area contributed by atoms with Gasteiger partial charge in [0.15, 0.2) is 6.29 Å². The van der Waals surface area contributed by atoms with E-state index in [1.54, 1.807) is 12.2 Å². The van der Waals surface area contributed by atoms with Crippen molar-refractivity contribution in [3.05, 3.63) is 41.0 Å². The summed E-state index contributed by atoms with van der Waals surface area (Å²) in [5.41, 5.74) is 4.39. The molecule has 0 aliphatic rings. The zero-order valence-electron chi connectivity index (χ0n) is 9.00. The van der Waals surface area contributed by atoms with E-state index in [1.165, 1.54) is 6.07 Å². The summed E-state index contributed by atoms with van der Waals surface area (Å²) in [6.45, 7) is 0.440. The van der Waals surface area contributed by atoms with Gasteiger partial charge in [0, 0.05) is 5.56 Å². The van der Waals surface area contributed by atoms with Gasteiger partial charge in [-0.2, -0.15) is 13.2 Å². The quantitative estimate of drug-likeness (QED) is 0.826. The number of nitrogens with two attached hydrogens (primary N) is 1. The number of aldehydes is 1. The molecule has 17 heavy (non-hydrogen) atoms. The van der Waals surface area contributed by atoms with Gasteiger partial charge in [0.05, 0.1) is 5.56 Å². The molecule has 2 nitrogen and oxygen atoms in total. The predicted molar refractivity (Wildman–Crippen MR) is 59.5 cm³/mol. The topological polar surface area (TPSA) is 43.1 Å². The van der Waals surface area contributed by atoms with Gasteiger partial charge in [-0.25, -0.2) is 0 Å². The molecule has 0 fully saturated rings. The number of carbonyl (C=O) groups is 1. The zero-order chi connectivity index (χ0) is 12.9. The van der Waals surface area contributed by atoms with Crippen LogP contribution in [0.3, 0.4) is 0 Å². The van der Waals surface area contributed by atoms with Gasteiger partial charge in [-0.15, -0.1) is 0 Å². The van der Waals surface area contributed by atoms with Crippen molar-refractivity contribution in [2.24, 2.45) is 5.73 Å². The minimum Gasteiger partial charge on any atom is -0.330 e. The van der Waals surface area contributed by atoms with Crippen LogP contribution in [-0.4, -0.2) is 12.8 Å². The number of halogens is 3. The molecule has 0 atom stereocenters. The average molecular weight is 243 g/mol. The zero-order valence-corrected chi connectivity index (χ0v) is 9.00. The van der Waals surface area contributed by atoms with Crippen molar-refractivity contribution in [2.45, 2.75) is 12.6 Å². The Morgan fingerprint density at radius 3 is 2.53 bits per heavy atom. The molecular formula is C12H12F3NO. The Balaban J connectivity index is 3.09. The minimum absolute atomic E-state index is 0.205. The number of alkyl halides is 3. The van der Waals surface area contributed by atoms with Crippen molar-refractivity contribution in [3.8, 4) is 0 Å². The molecular weight excluding hydrogens is 231 g/mol. The fraction of sp³-hybridized carbons (Fsp3) is 0.250. The molecule has 1 rings (SSSR count). The molecule has 0 aliphatic carbocycles. The fourth-order valence-corrected chi connectivity index (χ4v) is 1.34. The molecule has 2 N–H and O–H groups in total. The Kier molecular flexibility index (Phi) is 4.45. The van der Waals surface area contributed by atoms with E-state index in [2.05, 4.69) is 0 Å². The van der Waals surface area contributed by atoms with Gasteiger partial charge >= 0.3 is 6.18 Å². The first kappa shape index (κ1) is 13.4. The van der Waals surface area contributed by atoms with Crippen LogP contribution in [0.15, 0.2) is 24.3 Å². The summed E-state index contributed by atoms with van der Waals surface area (Å²) in [6, 6.07) is 3.58. The van der Waals surface area contributed by atoms with Crippen LogP contribution in [0, 0.1) is 0 Å². The summed E-state index contributed by atoms with van der Waals surface area (Å²) in [4.78, 5) is 10.5. The van der Waals surface area contributed by atoms with Crippen molar-refractivity contribution in [1.82, 2.24) is 0 Å². The van der Waals surface area contributed by atoms with E-state index >= 15 is 0 Å². The van der Waals surface area contributed by atoms with Crippen LogP contribution in [0.25, 0.3) is 6.08 Å². The summed E-state index contributed by atoms with van der Waals surface area (Å²) in [6.07, 6.45) is -0.478. The first-order chi connectivity index (χ1) is 7.99. The third-order valence-corrected chi connectivity index (χ3v) is 2.15. The maximum Gasteiger partial charge on any atom is 0.417 e. The Labute approximate surface area is 96.9 Å². The maximum absolute atomic E-state index is 12.6. The molecule has 1 aromatic carbocycles. The van der Waals surface area contributed by atoms with Gasteiger partial charge in [-0.1, -0.05) is 24.3 Å². The smallest absolute Gasteiger partial charge is 0.330 e. The molecule has 0 aromatic heterocycles. The monoisotopic (exact) mass is 243 g/mol. The highest BCUT2D eigenvalue weighted by atomic mass is 19.4. The van der Waals surface area contributed by atoms with Gasteiger partial charge in [0.25, 0.3) is 0 Å². The highest BCUT2D eigenvalue weighted by Gasteiger charge is 2.33. The molecule has 0 aliphatic heterocycles. The SMILES string of the molecule is NCCC=Cc1ccc(C=O)c(C(F)(F)F)c1. The van der Waals surface area contributed by atoms with Gasteiger partial charge in [0.1, 0.15) is 0 Å². The highest BCUT2D eigenvalue weighted by Crippen LogP contribution is 2.32. The molecule has 92 valence electrons. The Bertz CT molecular complexity index is 424. The van der Waals surface area contributed by atoms with Gasteiger partial charge in [-0.05, 0) is 24.6 Å². The summed E-state index contributed by atoms with van der Waals surface area (Å²) in [5.74, 6) is 0. The minimum atomic E-state index is -4.52. The van der Waals surface area contributed by atoms with Gasteiger partial charge in [0.2, 0.25) is 0 Å². The lowest BCUT2D eigenvalue weighted by molar-refractivity contribution is -0.137. The van der Waals surface area contributed by atoms with E-state index in [4.69, 9.17) is 5.73 Å². The van der Waals surface area contributed by atoms with Crippen molar-refractivity contribution < 1.29 is 18.0 Å². The second-order valence-corrected chi connectivity index (χ2v) is 3.44. The van der Waals surface area contributed by atoms with Crippen LogP contribution >= 0.6 is 0 Å². The first-order valence-corrected chi connectivity index (χ1v) is 5.02. The summed E-state index contributed by atoms with van der Waals surface area (Å²) in [7, 11) is 0. The van der Waals surface area contributed by atoms with Crippen LogP contribution < -0.4 is 5.73 Å². The van der Waals surface area contributed by atoms with E-state index in [1.807, 2.05) is 0 Å². The number of carbonyl (C=O) groups excluding carboxylic acids is 1. The molecule has 0 amide bonds. The van der Waals surface area contributed by atoms with E-state index in [0.717, 1.165) is 12.1 Å². The maximum atomic E-state index is 12.6. The normalized spacial score (nSPS) is 12.0. The number of hydrogen-bond acceptors (Lipinski definition) is 2. The third kappa shape index (κ3) is 3.71. The molecule has 0 saturated heterocycles. The first-order valence-electron chi connectivity index (χ1n) is 5.02. The van der Waals surface area contributed by atoms with Crippen LogP contribution in [0.1, 0.15) is 27.9 Å². The lowest BCUT2D eigenvalue weighted by Gasteiger charge is -2.09. The van der Waals surface area contributed by atoms with E-state index in [0.29, 0.717) is 18.5 Å². The number of benzene rings is 1. The van der Waals surface area contributed by atoms with Crippen LogP contribution in [0.4, 0.5) is 13.2 Å². The molecule has 0 unspecified atom stereocenters. The third-order valence-electron chi connectivity index (χ3n) is 2.15. The molecule has 0 radical (unpaired) electrons. The second kappa shape index (κ2) is 5.63. The number of hydrogen-bond donors (Lipinski definition) is 1. The van der Waals surface area contributed by atoms with Crippen LogP contribution in [0.2, 0.25) is 0 Å². The van der Waals surface area contributed by atoms with Crippen molar-refractivity contribution in [1.29, 1.82) is 0 Å². The van der Waals surface area contributed by atoms with Crippen molar-refractivity contribution >= 4 is 12.4 Å². The standard InChI is InChI=1S/C12H12F3NO/c13-12(14,15)11-7-9(3-1-2-6-16)4-5-10(11)8-17/h1,3-5,7-8H,2,6,16H2. The highest BCUT2D eigenvalue weighted by molar-refractivity contribution is 5.78. The summed E-state index contributed by atoms with van der Waals surface area (Å²) < 4.78 is 37.8. The summed E-state index contributed by atoms with van der Waals surface area (Å²) in [5, 5.41) is 0. The van der Waals surface area contributed by atoms with Crippen molar-refractivity contribution in [3.63, 3.8) is 0 Å². The van der Waals surface area contributed by atoms with E-state index in [-0.39, 0.29) is 11.8 Å². The molecule has 0 bridgehead atoms. The van der Waals surface area contributed by atoms with E-state index < -0.39 is 11.7 Å². The van der Waals surface area contributed by atoms with Gasteiger partial charge in [-0.3, -0.25) is 4.79 Å². The fourth-order valence-electron chi connectivity index (χ4n) is 1.34. The molecule has 0 spiro atoms. The molecule has 5 heteroatoms. The second-order valence-electron chi connectivity index (χ2n) is 3.44. The number of rotatable bonds is 4. The van der Waals surface area contributed by atoms with Crippen LogP contribution in [-0.2, 0) is 6.18 Å². The lowest BCUT2D eigenvalue weighted by atomic mass is 10.0. The molecule has 1 aromatic rings.